The van der Waals surface area contributed by atoms with Crippen LogP contribution in [0.25, 0.3) is 11.0 Å². The van der Waals surface area contributed by atoms with Crippen molar-refractivity contribution in [1.29, 1.82) is 0 Å². The van der Waals surface area contributed by atoms with Crippen molar-refractivity contribution in [3.63, 3.8) is 0 Å². The first-order valence-electron chi connectivity index (χ1n) is 6.78. The number of benzene rings is 1. The van der Waals surface area contributed by atoms with Crippen molar-refractivity contribution in [2.24, 2.45) is 0 Å². The molecule has 0 atom stereocenters. The Bertz CT molecular complexity index is 830. The van der Waals surface area contributed by atoms with E-state index < -0.39 is 0 Å². The predicted octanol–water partition coefficient (Wildman–Crippen LogP) is 3.70. The molecule has 0 saturated heterocycles. The number of ketones is 2. The van der Waals surface area contributed by atoms with E-state index in [1.165, 1.54) is 18.3 Å². The lowest BCUT2D eigenvalue weighted by Crippen LogP contribution is -2.13. The Morgan fingerprint density at radius 2 is 2.09 bits per heavy atom. The molecule has 2 aromatic heterocycles. The van der Waals surface area contributed by atoms with Gasteiger partial charge in [-0.2, -0.15) is 0 Å². The zero-order valence-electron chi connectivity index (χ0n) is 12.2. The number of nitrogens with one attached hydrogen (secondary N) is 1. The zero-order chi connectivity index (χ0) is 15.7. The number of anilines is 1. The van der Waals surface area contributed by atoms with Crippen molar-refractivity contribution in [3.05, 3.63) is 46.7 Å². The average Bonchev–Trinajstić information content (AvgIpc) is 3.08. The molecule has 0 aliphatic rings. The number of Topliss-reactive ketones (excluding diaryl/α,β-unsaturated/α-hetero) is 2. The monoisotopic (exact) mass is 314 g/mol. The first-order valence-corrected chi connectivity index (χ1v) is 7.60. The standard InChI is InChI=1S/C16H14N2O3S/c1-9-15(10(2)19)22-16(18-9)17-8-12(20)14-7-11-5-3-4-6-13(11)21-14/h3-7H,8H2,1-2H3,(H,17,18). The Morgan fingerprint density at radius 3 is 2.77 bits per heavy atom. The van der Waals surface area contributed by atoms with Crippen molar-refractivity contribution in [1.82, 2.24) is 4.98 Å². The maximum absolute atomic E-state index is 12.2. The molecule has 0 radical (unpaired) electrons. The molecule has 22 heavy (non-hydrogen) atoms. The summed E-state index contributed by atoms with van der Waals surface area (Å²) in [7, 11) is 0. The number of hydrogen-bond donors (Lipinski definition) is 1. The number of furan rings is 1. The fourth-order valence-corrected chi connectivity index (χ4v) is 3.02. The fourth-order valence-electron chi connectivity index (χ4n) is 2.16. The van der Waals surface area contributed by atoms with E-state index in [0.29, 0.717) is 27.0 Å². The van der Waals surface area contributed by atoms with Gasteiger partial charge in [-0.1, -0.05) is 29.5 Å². The Labute approximate surface area is 131 Å². The second kappa shape index (κ2) is 5.73. The Morgan fingerprint density at radius 1 is 1.32 bits per heavy atom. The lowest BCUT2D eigenvalue weighted by molar-refractivity contribution is 0.0980. The highest BCUT2D eigenvalue weighted by Crippen LogP contribution is 2.23. The molecule has 2 heterocycles. The summed E-state index contributed by atoms with van der Waals surface area (Å²) in [5.74, 6) is 0.133. The number of nitrogens with zero attached hydrogens (tertiary/aromatic N) is 1. The van der Waals surface area contributed by atoms with Crippen molar-refractivity contribution < 1.29 is 14.0 Å². The van der Waals surface area contributed by atoms with Crippen LogP contribution in [0.4, 0.5) is 5.13 Å². The number of aryl methyl sites for hydroxylation is 1. The van der Waals surface area contributed by atoms with Crippen LogP contribution in [0.3, 0.4) is 0 Å². The quantitative estimate of drug-likeness (QED) is 0.727. The highest BCUT2D eigenvalue weighted by atomic mass is 32.1. The highest BCUT2D eigenvalue weighted by molar-refractivity contribution is 7.17. The van der Waals surface area contributed by atoms with E-state index >= 15 is 0 Å². The SMILES string of the molecule is CC(=O)c1sc(NCC(=O)c2cc3ccccc3o2)nc1C. The van der Waals surface area contributed by atoms with Crippen molar-refractivity contribution in [2.45, 2.75) is 13.8 Å². The van der Waals surface area contributed by atoms with Gasteiger partial charge >= 0.3 is 0 Å². The number of para-hydroxylation sites is 1. The summed E-state index contributed by atoms with van der Waals surface area (Å²) in [5, 5.41) is 4.41. The van der Waals surface area contributed by atoms with Crippen molar-refractivity contribution >= 4 is 39.0 Å². The average molecular weight is 314 g/mol. The van der Waals surface area contributed by atoms with E-state index in [1.54, 1.807) is 13.0 Å². The molecule has 0 amide bonds. The van der Waals surface area contributed by atoms with Gasteiger partial charge in [-0.3, -0.25) is 9.59 Å². The van der Waals surface area contributed by atoms with Gasteiger partial charge in [0.05, 0.1) is 17.1 Å². The zero-order valence-corrected chi connectivity index (χ0v) is 13.0. The fraction of sp³-hybridized carbons (Fsp3) is 0.188. The summed E-state index contributed by atoms with van der Waals surface area (Å²) in [6, 6.07) is 9.20. The van der Waals surface area contributed by atoms with E-state index in [2.05, 4.69) is 10.3 Å². The Kier molecular flexibility index (Phi) is 3.77. The maximum Gasteiger partial charge on any atom is 0.217 e. The van der Waals surface area contributed by atoms with E-state index in [4.69, 9.17) is 4.42 Å². The van der Waals surface area contributed by atoms with Crippen LogP contribution in [-0.2, 0) is 0 Å². The highest BCUT2D eigenvalue weighted by Gasteiger charge is 2.15. The molecule has 0 aliphatic carbocycles. The van der Waals surface area contributed by atoms with Crippen LogP contribution in [0.1, 0.15) is 32.8 Å². The topological polar surface area (TPSA) is 72.2 Å². The minimum atomic E-state index is -0.159. The van der Waals surface area contributed by atoms with Gasteiger partial charge in [0.2, 0.25) is 5.78 Å². The van der Waals surface area contributed by atoms with Gasteiger partial charge in [-0.15, -0.1) is 0 Å². The minimum Gasteiger partial charge on any atom is -0.453 e. The third-order valence-corrected chi connectivity index (χ3v) is 4.43. The third kappa shape index (κ3) is 2.78. The van der Waals surface area contributed by atoms with Crippen LogP contribution in [0.5, 0.6) is 0 Å². The molecule has 3 aromatic rings. The molecule has 0 bridgehead atoms. The van der Waals surface area contributed by atoms with Gasteiger partial charge < -0.3 is 9.73 Å². The van der Waals surface area contributed by atoms with Crippen LogP contribution in [0, 0.1) is 6.92 Å². The van der Waals surface area contributed by atoms with Gasteiger partial charge in [0, 0.05) is 12.3 Å². The summed E-state index contributed by atoms with van der Waals surface area (Å²) in [6.45, 7) is 3.35. The maximum atomic E-state index is 12.2. The molecule has 1 aromatic carbocycles. The number of aromatic nitrogens is 1. The molecule has 0 aliphatic heterocycles. The Balaban J connectivity index is 1.72. The molecular weight excluding hydrogens is 300 g/mol. The van der Waals surface area contributed by atoms with Crippen molar-refractivity contribution in [2.75, 3.05) is 11.9 Å². The van der Waals surface area contributed by atoms with Crippen LogP contribution in [-0.4, -0.2) is 23.1 Å². The summed E-state index contributed by atoms with van der Waals surface area (Å²) >= 11 is 1.26. The smallest absolute Gasteiger partial charge is 0.217 e. The number of fused-ring (bicyclic) bond motifs is 1. The second-order valence-electron chi connectivity index (χ2n) is 4.91. The molecule has 0 spiro atoms. The molecule has 0 fully saturated rings. The van der Waals surface area contributed by atoms with E-state index in [0.717, 1.165) is 5.39 Å². The van der Waals surface area contributed by atoms with E-state index in [9.17, 15) is 9.59 Å². The van der Waals surface area contributed by atoms with Crippen LogP contribution in [0.15, 0.2) is 34.7 Å². The van der Waals surface area contributed by atoms with Crippen LogP contribution < -0.4 is 5.32 Å². The molecule has 1 N–H and O–H groups in total. The van der Waals surface area contributed by atoms with E-state index in [1.807, 2.05) is 24.3 Å². The molecule has 5 nitrogen and oxygen atoms in total. The minimum absolute atomic E-state index is 0.0216. The largest absolute Gasteiger partial charge is 0.453 e. The van der Waals surface area contributed by atoms with Gasteiger partial charge in [-0.25, -0.2) is 4.98 Å². The van der Waals surface area contributed by atoms with Gasteiger partial charge in [0.1, 0.15) is 5.58 Å². The molecule has 112 valence electrons. The van der Waals surface area contributed by atoms with E-state index in [-0.39, 0.29) is 18.1 Å². The summed E-state index contributed by atoms with van der Waals surface area (Å²) in [6.07, 6.45) is 0. The molecule has 0 saturated carbocycles. The number of carbonyl (C=O) groups is 2. The van der Waals surface area contributed by atoms with Gasteiger partial charge in [-0.05, 0) is 19.1 Å². The predicted molar refractivity (Wildman–Crippen MR) is 85.9 cm³/mol. The normalized spacial score (nSPS) is 10.8. The molecule has 0 unspecified atom stereocenters. The molecule has 3 rings (SSSR count). The lowest BCUT2D eigenvalue weighted by Gasteiger charge is -1.99. The number of carbonyl (C=O) groups excluding carboxylic acids is 2. The summed E-state index contributed by atoms with van der Waals surface area (Å²) in [5.41, 5.74) is 1.37. The van der Waals surface area contributed by atoms with Crippen LogP contribution in [0.2, 0.25) is 0 Å². The summed E-state index contributed by atoms with van der Waals surface area (Å²) in [4.78, 5) is 28.4. The molecular formula is C16H14N2O3S. The Hall–Kier alpha value is -2.47. The first-order chi connectivity index (χ1) is 10.5. The second-order valence-corrected chi connectivity index (χ2v) is 5.91. The van der Waals surface area contributed by atoms with Gasteiger partial charge in [0.15, 0.2) is 16.7 Å². The van der Waals surface area contributed by atoms with Crippen molar-refractivity contribution in [3.8, 4) is 0 Å². The first kappa shape index (κ1) is 14.5. The summed E-state index contributed by atoms with van der Waals surface area (Å²) < 4.78 is 5.52. The number of hydrogen-bond acceptors (Lipinski definition) is 6. The molecule has 6 heteroatoms. The lowest BCUT2D eigenvalue weighted by atomic mass is 10.2. The number of rotatable bonds is 5. The number of thiazole rings is 1. The third-order valence-electron chi connectivity index (χ3n) is 3.22. The van der Waals surface area contributed by atoms with Gasteiger partial charge in [0.25, 0.3) is 0 Å². The van der Waals surface area contributed by atoms with Crippen LogP contribution >= 0.6 is 11.3 Å².